The fraction of sp³-hybridized carbons (Fsp3) is 0.150. The Morgan fingerprint density at radius 1 is 1.08 bits per heavy atom. The number of carbonyl (C=O) groups excluding carboxylic acids is 2. The van der Waals surface area contributed by atoms with Crippen molar-refractivity contribution >= 4 is 22.8 Å². The lowest BCUT2D eigenvalue weighted by Crippen LogP contribution is -2.31. The molecule has 26 heavy (non-hydrogen) atoms. The van der Waals surface area contributed by atoms with Gasteiger partial charge in [0.1, 0.15) is 11.5 Å². The van der Waals surface area contributed by atoms with Crippen LogP contribution in [0.5, 0.6) is 0 Å². The second-order valence-electron chi connectivity index (χ2n) is 5.85. The van der Waals surface area contributed by atoms with E-state index >= 15 is 0 Å². The van der Waals surface area contributed by atoms with Crippen LogP contribution in [0.1, 0.15) is 16.1 Å². The number of aromatic nitrogens is 1. The largest absolute Gasteiger partial charge is 0.451 e. The first-order valence-electron chi connectivity index (χ1n) is 8.04. The lowest BCUT2D eigenvalue weighted by molar-refractivity contribution is -0.133. The van der Waals surface area contributed by atoms with Gasteiger partial charge in [0.2, 0.25) is 0 Å². The summed E-state index contributed by atoms with van der Waals surface area (Å²) in [5.41, 5.74) is 1.48. The van der Waals surface area contributed by atoms with E-state index < -0.39 is 12.6 Å². The molecule has 0 fully saturated rings. The van der Waals surface area contributed by atoms with E-state index in [1.54, 1.807) is 37.4 Å². The maximum Gasteiger partial charge on any atom is 0.357 e. The average Bonchev–Trinajstić information content (AvgIpc) is 2.65. The molecule has 1 amide bonds. The number of rotatable bonds is 5. The standard InChI is InChI=1S/C20H17FN2O3/c1-23(12-14-5-4-7-16(21)11-14)19(24)13-26-20(25)18-10-9-15-6-2-3-8-17(15)22-18/h2-11H,12-13H2,1H3. The molecule has 132 valence electrons. The molecule has 0 aliphatic rings. The van der Waals surface area contributed by atoms with E-state index in [0.29, 0.717) is 11.1 Å². The summed E-state index contributed by atoms with van der Waals surface area (Å²) in [6.45, 7) is -0.179. The highest BCUT2D eigenvalue weighted by Crippen LogP contribution is 2.12. The first-order valence-corrected chi connectivity index (χ1v) is 8.04. The van der Waals surface area contributed by atoms with Crippen LogP contribution in [0.2, 0.25) is 0 Å². The van der Waals surface area contributed by atoms with Crippen molar-refractivity contribution in [1.82, 2.24) is 9.88 Å². The van der Waals surface area contributed by atoms with E-state index in [1.165, 1.54) is 17.0 Å². The molecule has 0 atom stereocenters. The summed E-state index contributed by atoms with van der Waals surface area (Å²) in [5, 5.41) is 0.912. The third-order valence-corrected chi connectivity index (χ3v) is 3.87. The maximum absolute atomic E-state index is 13.2. The predicted octanol–water partition coefficient (Wildman–Crippen LogP) is 3.19. The predicted molar refractivity (Wildman–Crippen MR) is 94.9 cm³/mol. The molecular formula is C20H17FN2O3. The molecule has 1 aromatic heterocycles. The molecule has 3 aromatic rings. The third kappa shape index (κ3) is 4.22. The molecule has 0 radical (unpaired) electrons. The topological polar surface area (TPSA) is 59.5 Å². The molecular weight excluding hydrogens is 335 g/mol. The van der Waals surface area contributed by atoms with Crippen LogP contribution in [0.4, 0.5) is 4.39 Å². The molecule has 2 aromatic carbocycles. The molecule has 0 bridgehead atoms. The second-order valence-corrected chi connectivity index (χ2v) is 5.85. The minimum absolute atomic E-state index is 0.143. The van der Waals surface area contributed by atoms with Crippen LogP contribution < -0.4 is 0 Å². The van der Waals surface area contributed by atoms with Crippen LogP contribution in [-0.4, -0.2) is 35.4 Å². The smallest absolute Gasteiger partial charge is 0.357 e. The molecule has 0 aliphatic heterocycles. The minimum atomic E-state index is -0.664. The Hall–Kier alpha value is -3.28. The molecule has 5 nitrogen and oxygen atoms in total. The van der Waals surface area contributed by atoms with Crippen molar-refractivity contribution in [2.45, 2.75) is 6.54 Å². The van der Waals surface area contributed by atoms with Gasteiger partial charge < -0.3 is 9.64 Å². The van der Waals surface area contributed by atoms with E-state index in [1.807, 2.05) is 18.2 Å². The van der Waals surface area contributed by atoms with E-state index in [4.69, 9.17) is 4.74 Å². The van der Waals surface area contributed by atoms with Crippen molar-refractivity contribution in [3.8, 4) is 0 Å². The van der Waals surface area contributed by atoms with E-state index in [9.17, 15) is 14.0 Å². The molecule has 1 heterocycles. The lowest BCUT2D eigenvalue weighted by atomic mass is 10.2. The molecule has 0 saturated carbocycles. The van der Waals surface area contributed by atoms with Crippen LogP contribution in [0.3, 0.4) is 0 Å². The van der Waals surface area contributed by atoms with Crippen LogP contribution in [0, 0.1) is 5.82 Å². The SMILES string of the molecule is CN(Cc1cccc(F)c1)C(=O)COC(=O)c1ccc2ccccc2n1. The molecule has 0 N–H and O–H groups in total. The Kier molecular flexibility index (Phi) is 5.22. The fourth-order valence-electron chi connectivity index (χ4n) is 2.49. The number of fused-ring (bicyclic) bond motifs is 1. The Labute approximate surface area is 150 Å². The molecule has 0 saturated heterocycles. The summed E-state index contributed by atoms with van der Waals surface area (Å²) in [6.07, 6.45) is 0. The van der Waals surface area contributed by atoms with Crippen molar-refractivity contribution < 1.29 is 18.7 Å². The highest BCUT2D eigenvalue weighted by atomic mass is 19.1. The van der Waals surface area contributed by atoms with Gasteiger partial charge in [0.05, 0.1) is 5.52 Å². The average molecular weight is 352 g/mol. The van der Waals surface area contributed by atoms with Gasteiger partial charge in [-0.25, -0.2) is 14.2 Å². The fourth-order valence-corrected chi connectivity index (χ4v) is 2.49. The Bertz CT molecular complexity index is 958. The molecule has 0 aliphatic carbocycles. The first-order chi connectivity index (χ1) is 12.5. The number of nitrogens with zero attached hydrogens (tertiary/aromatic N) is 2. The number of para-hydroxylation sites is 1. The van der Waals surface area contributed by atoms with Gasteiger partial charge in [-0.05, 0) is 29.8 Å². The second kappa shape index (κ2) is 7.74. The molecule has 0 unspecified atom stereocenters. The third-order valence-electron chi connectivity index (χ3n) is 3.87. The number of benzene rings is 2. The summed E-state index contributed by atoms with van der Waals surface area (Å²) >= 11 is 0. The van der Waals surface area contributed by atoms with Gasteiger partial charge in [-0.2, -0.15) is 0 Å². The highest BCUT2D eigenvalue weighted by molar-refractivity contribution is 5.92. The zero-order valence-corrected chi connectivity index (χ0v) is 14.2. The quantitative estimate of drug-likeness (QED) is 0.662. The number of halogens is 1. The number of esters is 1. The number of hydrogen-bond acceptors (Lipinski definition) is 4. The van der Waals surface area contributed by atoms with Gasteiger partial charge in [0.15, 0.2) is 6.61 Å². The number of likely N-dealkylation sites (N-methyl/N-ethyl adjacent to an activating group) is 1. The summed E-state index contributed by atoms with van der Waals surface area (Å²) in [4.78, 5) is 29.8. The molecule has 3 rings (SSSR count). The van der Waals surface area contributed by atoms with Gasteiger partial charge in [0.25, 0.3) is 5.91 Å². The minimum Gasteiger partial charge on any atom is -0.451 e. The van der Waals surface area contributed by atoms with E-state index in [2.05, 4.69) is 4.98 Å². The number of carbonyl (C=O) groups is 2. The Morgan fingerprint density at radius 3 is 2.69 bits per heavy atom. The van der Waals surface area contributed by atoms with E-state index in [-0.39, 0.29) is 24.0 Å². The number of hydrogen-bond donors (Lipinski definition) is 0. The van der Waals surface area contributed by atoms with E-state index in [0.717, 1.165) is 5.39 Å². The zero-order valence-electron chi connectivity index (χ0n) is 14.2. The van der Waals surface area contributed by atoms with Crippen molar-refractivity contribution in [3.05, 3.63) is 77.7 Å². The maximum atomic E-state index is 13.2. The molecule has 0 spiro atoms. The zero-order chi connectivity index (χ0) is 18.5. The number of pyridine rings is 1. The van der Waals surface area contributed by atoms with Gasteiger partial charge in [-0.1, -0.05) is 36.4 Å². The van der Waals surface area contributed by atoms with Gasteiger partial charge in [-0.3, -0.25) is 4.79 Å². The molecule has 6 heteroatoms. The number of ether oxygens (including phenoxy) is 1. The van der Waals surface area contributed by atoms with Crippen LogP contribution >= 0.6 is 0 Å². The highest BCUT2D eigenvalue weighted by Gasteiger charge is 2.15. The monoisotopic (exact) mass is 352 g/mol. The first kappa shape index (κ1) is 17.5. The van der Waals surface area contributed by atoms with Gasteiger partial charge >= 0.3 is 5.97 Å². The van der Waals surface area contributed by atoms with Crippen molar-refractivity contribution in [2.75, 3.05) is 13.7 Å². The Morgan fingerprint density at radius 2 is 1.88 bits per heavy atom. The van der Waals surface area contributed by atoms with Crippen LogP contribution in [0.15, 0.2) is 60.7 Å². The normalized spacial score (nSPS) is 10.5. The lowest BCUT2D eigenvalue weighted by Gasteiger charge is -2.17. The Balaban J connectivity index is 1.58. The van der Waals surface area contributed by atoms with Crippen LogP contribution in [0.25, 0.3) is 10.9 Å². The number of amides is 1. The van der Waals surface area contributed by atoms with Crippen molar-refractivity contribution in [2.24, 2.45) is 0 Å². The summed E-state index contributed by atoms with van der Waals surface area (Å²) in [6, 6.07) is 16.7. The summed E-state index contributed by atoms with van der Waals surface area (Å²) < 4.78 is 18.2. The summed E-state index contributed by atoms with van der Waals surface area (Å²) in [7, 11) is 1.56. The summed E-state index contributed by atoms with van der Waals surface area (Å²) in [5.74, 6) is -1.41. The van der Waals surface area contributed by atoms with Gasteiger partial charge in [-0.15, -0.1) is 0 Å². The van der Waals surface area contributed by atoms with Crippen molar-refractivity contribution in [1.29, 1.82) is 0 Å². The van der Waals surface area contributed by atoms with Crippen LogP contribution in [-0.2, 0) is 16.1 Å². The van der Waals surface area contributed by atoms with Crippen molar-refractivity contribution in [3.63, 3.8) is 0 Å². The van der Waals surface area contributed by atoms with Gasteiger partial charge in [0, 0.05) is 19.0 Å².